The van der Waals surface area contributed by atoms with Crippen molar-refractivity contribution in [2.75, 3.05) is 37.9 Å². The maximum atomic E-state index is 13.1. The van der Waals surface area contributed by atoms with E-state index in [1.165, 1.54) is 50.5 Å². The van der Waals surface area contributed by atoms with Gasteiger partial charge in [-0.05, 0) is 81.5 Å². The molecule has 1 aliphatic carbocycles. The Morgan fingerprint density at radius 2 is 1.79 bits per heavy atom. The zero-order valence-electron chi connectivity index (χ0n) is 22.9. The van der Waals surface area contributed by atoms with Crippen molar-refractivity contribution >= 4 is 35.5 Å². The van der Waals surface area contributed by atoms with Gasteiger partial charge < -0.3 is 10.4 Å². The molecule has 1 unspecified atom stereocenters. The number of carbonyl (C=O) groups is 2. The fourth-order valence-electron chi connectivity index (χ4n) is 6.12. The number of amides is 2. The number of hydrogen-bond acceptors (Lipinski definition) is 7. The average molecular weight is 563 g/mol. The molecule has 0 bridgehead atoms. The molecule has 7 nitrogen and oxygen atoms in total. The van der Waals surface area contributed by atoms with Crippen LogP contribution in [0.25, 0.3) is 0 Å². The Bertz CT molecular complexity index is 863. The predicted octanol–water partition coefficient (Wildman–Crippen LogP) is 3.87. The van der Waals surface area contributed by atoms with Crippen molar-refractivity contribution < 1.29 is 14.7 Å². The zero-order chi connectivity index (χ0) is 26.7. The van der Waals surface area contributed by atoms with E-state index in [0.29, 0.717) is 30.1 Å². The van der Waals surface area contributed by atoms with Crippen LogP contribution in [-0.2, 0) is 16.1 Å². The molecule has 1 aromatic rings. The second-order valence-electron chi connectivity index (χ2n) is 11.2. The molecule has 2 saturated heterocycles. The minimum atomic E-state index is -0.569. The summed E-state index contributed by atoms with van der Waals surface area (Å²) in [4.78, 5) is 30.6. The molecule has 38 heavy (non-hydrogen) atoms. The third kappa shape index (κ3) is 8.62. The molecule has 4 rings (SSSR count). The van der Waals surface area contributed by atoms with Gasteiger partial charge in [0, 0.05) is 36.6 Å². The van der Waals surface area contributed by atoms with Crippen molar-refractivity contribution in [2.24, 2.45) is 11.8 Å². The summed E-state index contributed by atoms with van der Waals surface area (Å²) in [5.74, 6) is 2.58. The Morgan fingerprint density at radius 1 is 1.08 bits per heavy atom. The van der Waals surface area contributed by atoms with E-state index in [4.69, 9.17) is 5.11 Å². The van der Waals surface area contributed by atoms with Crippen LogP contribution in [0.3, 0.4) is 0 Å². The van der Waals surface area contributed by atoms with Crippen LogP contribution < -0.4 is 10.0 Å². The van der Waals surface area contributed by atoms with Gasteiger partial charge in [0.1, 0.15) is 6.04 Å². The van der Waals surface area contributed by atoms with Gasteiger partial charge in [0.05, 0.1) is 6.04 Å². The predicted molar refractivity (Wildman–Crippen MR) is 158 cm³/mol. The van der Waals surface area contributed by atoms with Crippen LogP contribution in [0, 0.1) is 11.8 Å². The van der Waals surface area contributed by atoms with Crippen LogP contribution in [0.15, 0.2) is 30.3 Å². The molecule has 3 atom stereocenters. The summed E-state index contributed by atoms with van der Waals surface area (Å²) in [5, 5.41) is 12.5. The third-order valence-electron chi connectivity index (χ3n) is 8.39. The van der Waals surface area contributed by atoms with E-state index in [1.807, 2.05) is 0 Å². The Labute approximate surface area is 237 Å². The molecule has 3 N–H and O–H groups in total. The maximum absolute atomic E-state index is 13.1. The first-order valence-corrected chi connectivity index (χ1v) is 16.5. The van der Waals surface area contributed by atoms with E-state index in [0.717, 1.165) is 31.3 Å². The number of nitrogens with zero attached hydrogens (tertiary/aromatic N) is 2. The Balaban J connectivity index is 1.27. The first-order valence-electron chi connectivity index (χ1n) is 14.5. The van der Waals surface area contributed by atoms with Crippen molar-refractivity contribution in [3.8, 4) is 0 Å². The largest absolute Gasteiger partial charge is 0.396 e. The van der Waals surface area contributed by atoms with Crippen LogP contribution in [0.5, 0.6) is 0 Å². The highest BCUT2D eigenvalue weighted by atomic mass is 32.2. The van der Waals surface area contributed by atoms with E-state index < -0.39 is 6.04 Å². The molecule has 0 spiro atoms. The molecule has 2 heterocycles. The summed E-state index contributed by atoms with van der Waals surface area (Å²) < 4.78 is 3.17. The number of nitrogens with one attached hydrogen (secondary N) is 2. The van der Waals surface area contributed by atoms with Gasteiger partial charge in [-0.15, -0.1) is 11.8 Å². The lowest BCUT2D eigenvalue weighted by atomic mass is 9.79. The normalized spacial score (nSPS) is 23.7. The molecular weight excluding hydrogens is 516 g/mol. The molecule has 3 aliphatic rings. The molecule has 212 valence electrons. The number of aliphatic hydroxyl groups excluding tert-OH is 1. The number of rotatable bonds is 12. The Morgan fingerprint density at radius 3 is 2.50 bits per heavy atom. The quantitative estimate of drug-likeness (QED) is 0.334. The van der Waals surface area contributed by atoms with E-state index in [2.05, 4.69) is 50.2 Å². The lowest BCUT2D eigenvalue weighted by molar-refractivity contribution is -0.130. The number of aliphatic hydroxyl groups is 1. The first kappa shape index (κ1) is 29.7. The van der Waals surface area contributed by atoms with E-state index in [1.54, 1.807) is 30.6 Å². The van der Waals surface area contributed by atoms with Crippen molar-refractivity contribution in [1.29, 1.82) is 0 Å². The SMILES string of the molecule is C[C@@H](NC(=O)[C@@H]1CSCN1CCCO)C(=O)NSC(C1CCCCC1)C1CCN(Cc2ccccc2)CC1. The molecule has 0 aromatic heterocycles. The van der Waals surface area contributed by atoms with Gasteiger partial charge in [0.25, 0.3) is 5.91 Å². The number of piperidine rings is 1. The number of carbonyl (C=O) groups excluding carboxylic acids is 2. The molecule has 2 amide bonds. The van der Waals surface area contributed by atoms with E-state index in [9.17, 15) is 9.59 Å². The summed E-state index contributed by atoms with van der Waals surface area (Å²) in [6, 6.07) is 9.92. The Hall–Kier alpha value is -1.26. The van der Waals surface area contributed by atoms with Gasteiger partial charge in [-0.25, -0.2) is 0 Å². The van der Waals surface area contributed by atoms with E-state index in [-0.39, 0.29) is 24.5 Å². The van der Waals surface area contributed by atoms with Gasteiger partial charge in [-0.2, -0.15) is 0 Å². The molecule has 0 radical (unpaired) electrons. The minimum absolute atomic E-state index is 0.0878. The minimum Gasteiger partial charge on any atom is -0.396 e. The van der Waals surface area contributed by atoms with Gasteiger partial charge in [0.2, 0.25) is 5.91 Å². The highest BCUT2D eigenvalue weighted by Gasteiger charge is 2.35. The van der Waals surface area contributed by atoms with Crippen molar-refractivity contribution in [2.45, 2.75) is 82.2 Å². The summed E-state index contributed by atoms with van der Waals surface area (Å²) in [7, 11) is 0. The van der Waals surface area contributed by atoms with Crippen LogP contribution in [0.1, 0.15) is 63.9 Å². The second-order valence-corrected chi connectivity index (χ2v) is 13.2. The van der Waals surface area contributed by atoms with Gasteiger partial charge in [-0.1, -0.05) is 49.6 Å². The molecule has 1 aromatic carbocycles. The van der Waals surface area contributed by atoms with Crippen molar-refractivity contribution in [3.05, 3.63) is 35.9 Å². The van der Waals surface area contributed by atoms with E-state index >= 15 is 0 Å². The molecule has 9 heteroatoms. The number of hydrogen-bond donors (Lipinski definition) is 3. The number of likely N-dealkylation sites (tertiary alicyclic amines) is 1. The second kappa shape index (κ2) is 15.5. The van der Waals surface area contributed by atoms with Crippen molar-refractivity contribution in [1.82, 2.24) is 19.8 Å². The third-order valence-corrected chi connectivity index (χ3v) is 10.8. The summed E-state index contributed by atoms with van der Waals surface area (Å²) in [6.07, 6.45) is 9.43. The van der Waals surface area contributed by atoms with Crippen LogP contribution >= 0.6 is 23.7 Å². The maximum Gasteiger partial charge on any atom is 0.252 e. The van der Waals surface area contributed by atoms with Crippen molar-refractivity contribution in [3.63, 3.8) is 0 Å². The monoisotopic (exact) mass is 562 g/mol. The highest BCUT2D eigenvalue weighted by molar-refractivity contribution is 7.99. The summed E-state index contributed by atoms with van der Waals surface area (Å²) in [5.41, 5.74) is 1.38. The first-order chi connectivity index (χ1) is 18.5. The molecule has 2 aliphatic heterocycles. The number of benzene rings is 1. The lowest BCUT2D eigenvalue weighted by Crippen LogP contribution is -2.51. The highest BCUT2D eigenvalue weighted by Crippen LogP contribution is 2.39. The topological polar surface area (TPSA) is 84.9 Å². The van der Waals surface area contributed by atoms with Crippen LogP contribution in [0.4, 0.5) is 0 Å². The summed E-state index contributed by atoms with van der Waals surface area (Å²) >= 11 is 3.36. The number of thioether (sulfide) groups is 1. The average Bonchev–Trinajstić information content (AvgIpc) is 3.43. The standard InChI is InChI=1S/C29H46N4O3S2/c1-22(30-29(36)26-20-37-21-33(26)15-8-18-34)28(35)31-38-27(24-11-6-3-7-12-24)25-13-16-32(17-14-25)19-23-9-4-2-5-10-23/h2,4-5,9-10,22,24-27,34H,3,6-8,11-21H2,1H3,(H,30,36)(H,31,35)/t22-,26+,27?/m1/s1. The van der Waals surface area contributed by atoms with Gasteiger partial charge >= 0.3 is 0 Å². The molecular formula is C29H46N4O3S2. The summed E-state index contributed by atoms with van der Waals surface area (Å²) in [6.45, 7) is 5.84. The fourth-order valence-corrected chi connectivity index (χ4v) is 8.72. The van der Waals surface area contributed by atoms with Crippen LogP contribution in [0.2, 0.25) is 0 Å². The zero-order valence-corrected chi connectivity index (χ0v) is 24.5. The Kier molecular flexibility index (Phi) is 12.1. The van der Waals surface area contributed by atoms with Gasteiger partial charge in [-0.3, -0.25) is 24.1 Å². The lowest BCUT2D eigenvalue weighted by Gasteiger charge is -2.40. The smallest absolute Gasteiger partial charge is 0.252 e. The van der Waals surface area contributed by atoms with Gasteiger partial charge in [0.15, 0.2) is 0 Å². The molecule has 1 saturated carbocycles. The molecule has 3 fully saturated rings. The van der Waals surface area contributed by atoms with Crippen LogP contribution in [-0.4, -0.2) is 81.9 Å². The fraction of sp³-hybridized carbons (Fsp3) is 0.724.